The molecule has 34 heavy (non-hydrogen) atoms. The number of amides is 1. The molecule has 3 aromatic rings. The summed E-state index contributed by atoms with van der Waals surface area (Å²) in [6.45, 7) is 4.69. The molecule has 1 aliphatic heterocycles. The van der Waals surface area contributed by atoms with Gasteiger partial charge < -0.3 is 9.64 Å². The number of ether oxygens (including phenoxy) is 1. The Bertz CT molecular complexity index is 1020. The summed E-state index contributed by atoms with van der Waals surface area (Å²) in [7, 11) is 0. The second kappa shape index (κ2) is 12.4. The highest BCUT2D eigenvalue weighted by molar-refractivity contribution is 7.10. The smallest absolute Gasteiger partial charge is 0.226 e. The van der Waals surface area contributed by atoms with Gasteiger partial charge in [0.05, 0.1) is 0 Å². The van der Waals surface area contributed by atoms with Crippen LogP contribution in [0.25, 0.3) is 0 Å². The Labute approximate surface area is 212 Å². The van der Waals surface area contributed by atoms with Gasteiger partial charge in [0, 0.05) is 60.5 Å². The topological polar surface area (TPSA) is 32.8 Å². The predicted molar refractivity (Wildman–Crippen MR) is 142 cm³/mol. The Hall–Kier alpha value is -2.34. The number of para-hydroxylation sites is 2. The van der Waals surface area contributed by atoms with Crippen LogP contribution in [0.3, 0.4) is 0 Å². The van der Waals surface area contributed by atoms with Crippen molar-refractivity contribution >= 4 is 34.5 Å². The number of thiophene rings is 1. The molecule has 0 radical (unpaired) electrons. The zero-order valence-corrected chi connectivity index (χ0v) is 21.3. The van der Waals surface area contributed by atoms with Crippen molar-refractivity contribution in [1.82, 2.24) is 4.90 Å². The molecule has 1 aromatic heterocycles. The Kier molecular flexibility index (Phi) is 9.03. The quantitative estimate of drug-likeness (QED) is 0.286. The molecule has 1 amide bonds. The van der Waals surface area contributed by atoms with Gasteiger partial charge in [0.15, 0.2) is 0 Å². The van der Waals surface area contributed by atoms with Crippen LogP contribution in [-0.4, -0.2) is 35.8 Å². The first kappa shape index (κ1) is 24.8. The molecule has 1 fully saturated rings. The van der Waals surface area contributed by atoms with E-state index in [4.69, 9.17) is 16.3 Å². The van der Waals surface area contributed by atoms with Crippen LogP contribution in [0, 0.1) is 0 Å². The van der Waals surface area contributed by atoms with Gasteiger partial charge >= 0.3 is 0 Å². The van der Waals surface area contributed by atoms with Crippen molar-refractivity contribution in [1.29, 1.82) is 0 Å². The molecule has 1 aliphatic rings. The molecule has 0 bridgehead atoms. The van der Waals surface area contributed by atoms with Crippen LogP contribution in [0.4, 0.5) is 5.69 Å². The number of likely N-dealkylation sites (tertiary alicyclic amines) is 1. The average molecular weight is 497 g/mol. The number of rotatable bonds is 10. The SMILES string of the molecule is CCC(=O)N(c1ccccc1)C1CCN(Cc2ccccc2OC(CCCl)c2cccs2)CC1. The third-order valence-corrected chi connectivity index (χ3v) is 7.58. The van der Waals surface area contributed by atoms with Crippen LogP contribution in [-0.2, 0) is 11.3 Å². The van der Waals surface area contributed by atoms with Crippen molar-refractivity contribution in [2.45, 2.75) is 51.3 Å². The fourth-order valence-electron chi connectivity index (χ4n) is 4.63. The third kappa shape index (κ3) is 6.21. The molecular formula is C28H33ClN2O2S. The van der Waals surface area contributed by atoms with Gasteiger partial charge in [-0.15, -0.1) is 22.9 Å². The minimum atomic E-state index is -0.0242. The molecule has 2 aromatic carbocycles. The second-order valence-corrected chi connectivity index (χ2v) is 10.0. The summed E-state index contributed by atoms with van der Waals surface area (Å²) < 4.78 is 6.48. The highest BCUT2D eigenvalue weighted by Crippen LogP contribution is 2.32. The zero-order chi connectivity index (χ0) is 23.8. The van der Waals surface area contributed by atoms with Gasteiger partial charge in [0.25, 0.3) is 0 Å². The summed E-state index contributed by atoms with van der Waals surface area (Å²) in [5.41, 5.74) is 2.20. The lowest BCUT2D eigenvalue weighted by Crippen LogP contribution is -2.47. The lowest BCUT2D eigenvalue weighted by molar-refractivity contribution is -0.119. The predicted octanol–water partition coefficient (Wildman–Crippen LogP) is 6.90. The number of piperidine rings is 1. The normalized spacial score (nSPS) is 15.7. The van der Waals surface area contributed by atoms with Crippen molar-refractivity contribution < 1.29 is 9.53 Å². The van der Waals surface area contributed by atoms with E-state index in [0.29, 0.717) is 12.3 Å². The van der Waals surface area contributed by atoms with Crippen molar-refractivity contribution in [3.8, 4) is 5.75 Å². The van der Waals surface area contributed by atoms with E-state index in [1.165, 1.54) is 10.4 Å². The van der Waals surface area contributed by atoms with Crippen LogP contribution in [0.5, 0.6) is 5.75 Å². The van der Waals surface area contributed by atoms with Gasteiger partial charge in [-0.1, -0.05) is 49.4 Å². The molecule has 1 unspecified atom stereocenters. The number of benzene rings is 2. The average Bonchev–Trinajstić information content (AvgIpc) is 3.42. The van der Waals surface area contributed by atoms with Crippen molar-refractivity contribution in [3.63, 3.8) is 0 Å². The summed E-state index contributed by atoms with van der Waals surface area (Å²) in [5, 5.41) is 2.08. The van der Waals surface area contributed by atoms with Gasteiger partial charge in [0.2, 0.25) is 5.91 Å². The highest BCUT2D eigenvalue weighted by Gasteiger charge is 2.28. The number of alkyl halides is 1. The van der Waals surface area contributed by atoms with Crippen LogP contribution >= 0.6 is 22.9 Å². The molecule has 0 N–H and O–H groups in total. The van der Waals surface area contributed by atoms with E-state index in [0.717, 1.165) is 50.3 Å². The molecule has 180 valence electrons. The minimum absolute atomic E-state index is 0.0242. The first-order chi connectivity index (χ1) is 16.7. The summed E-state index contributed by atoms with van der Waals surface area (Å²) in [5.74, 6) is 1.69. The molecule has 6 heteroatoms. The summed E-state index contributed by atoms with van der Waals surface area (Å²) in [4.78, 5) is 18.5. The minimum Gasteiger partial charge on any atom is -0.485 e. The second-order valence-electron chi connectivity index (χ2n) is 8.67. The Morgan fingerprint density at radius 2 is 1.82 bits per heavy atom. The van der Waals surface area contributed by atoms with E-state index in [1.54, 1.807) is 11.3 Å². The van der Waals surface area contributed by atoms with Gasteiger partial charge in [-0.2, -0.15) is 0 Å². The molecule has 0 spiro atoms. The van der Waals surface area contributed by atoms with Crippen LogP contribution in [0.15, 0.2) is 72.1 Å². The fourth-order valence-corrected chi connectivity index (χ4v) is 5.62. The van der Waals surface area contributed by atoms with Gasteiger partial charge in [-0.3, -0.25) is 9.69 Å². The van der Waals surface area contributed by atoms with E-state index in [9.17, 15) is 4.79 Å². The largest absolute Gasteiger partial charge is 0.485 e. The first-order valence-corrected chi connectivity index (χ1v) is 13.5. The molecule has 1 atom stereocenters. The van der Waals surface area contributed by atoms with Crippen molar-refractivity contribution in [3.05, 3.63) is 82.6 Å². The van der Waals surface area contributed by atoms with E-state index < -0.39 is 0 Å². The van der Waals surface area contributed by atoms with E-state index in [-0.39, 0.29) is 18.1 Å². The number of hydrogen-bond donors (Lipinski definition) is 0. The first-order valence-electron chi connectivity index (χ1n) is 12.1. The summed E-state index contributed by atoms with van der Waals surface area (Å²) >= 11 is 7.79. The maximum atomic E-state index is 12.8. The Balaban J connectivity index is 1.41. The van der Waals surface area contributed by atoms with Crippen LogP contribution in [0.2, 0.25) is 0 Å². The number of hydrogen-bond acceptors (Lipinski definition) is 4. The Morgan fingerprint density at radius 1 is 1.09 bits per heavy atom. The maximum absolute atomic E-state index is 12.8. The number of carbonyl (C=O) groups excluding carboxylic acids is 1. The molecule has 4 nitrogen and oxygen atoms in total. The highest BCUT2D eigenvalue weighted by atomic mass is 35.5. The van der Waals surface area contributed by atoms with Gasteiger partial charge in [0.1, 0.15) is 11.9 Å². The molecule has 4 rings (SSSR count). The monoisotopic (exact) mass is 496 g/mol. The zero-order valence-electron chi connectivity index (χ0n) is 19.7. The molecular weight excluding hydrogens is 464 g/mol. The van der Waals surface area contributed by atoms with Crippen LogP contribution in [0.1, 0.15) is 49.2 Å². The standard InChI is InChI=1S/C28H33ClN2O2S/c1-2-28(32)31(23-10-4-3-5-11-23)24-15-18-30(19-16-24)21-22-9-6-7-12-25(22)33-26(14-17-29)27-13-8-20-34-27/h3-13,20,24,26H,2,14-19,21H2,1H3. The molecule has 0 aliphatic carbocycles. The number of carbonyl (C=O) groups is 1. The molecule has 0 saturated carbocycles. The van der Waals surface area contributed by atoms with Crippen LogP contribution < -0.4 is 9.64 Å². The van der Waals surface area contributed by atoms with Crippen molar-refractivity contribution in [2.75, 3.05) is 23.9 Å². The maximum Gasteiger partial charge on any atom is 0.226 e. The van der Waals surface area contributed by atoms with E-state index in [1.807, 2.05) is 48.2 Å². The number of anilines is 1. The molecule has 1 saturated heterocycles. The van der Waals surface area contributed by atoms with Gasteiger partial charge in [-0.25, -0.2) is 0 Å². The number of halogens is 1. The summed E-state index contributed by atoms with van der Waals surface area (Å²) in [6.07, 6.45) is 3.21. The van der Waals surface area contributed by atoms with E-state index >= 15 is 0 Å². The lowest BCUT2D eigenvalue weighted by atomic mass is 10.0. The Morgan fingerprint density at radius 3 is 2.50 bits per heavy atom. The lowest BCUT2D eigenvalue weighted by Gasteiger charge is -2.38. The molecule has 2 heterocycles. The van der Waals surface area contributed by atoms with E-state index in [2.05, 4.69) is 40.6 Å². The number of nitrogens with zero attached hydrogens (tertiary/aromatic N) is 2. The third-order valence-electron chi connectivity index (χ3n) is 6.40. The summed E-state index contributed by atoms with van der Waals surface area (Å²) in [6, 6.07) is 22.8. The fraction of sp³-hybridized carbons (Fsp3) is 0.393. The van der Waals surface area contributed by atoms with Gasteiger partial charge in [-0.05, 0) is 42.5 Å². The van der Waals surface area contributed by atoms with Crippen molar-refractivity contribution in [2.24, 2.45) is 0 Å².